The van der Waals surface area contributed by atoms with Gasteiger partial charge in [0.1, 0.15) is 17.8 Å². The van der Waals surface area contributed by atoms with Gasteiger partial charge >= 0.3 is 5.97 Å². The van der Waals surface area contributed by atoms with Crippen molar-refractivity contribution in [2.45, 2.75) is 46.3 Å². The van der Waals surface area contributed by atoms with E-state index in [0.717, 1.165) is 22.0 Å². The Morgan fingerprint density at radius 3 is 2.37 bits per heavy atom. The molecule has 5 nitrogen and oxygen atoms in total. The van der Waals surface area contributed by atoms with Crippen LogP contribution < -0.4 is 0 Å². The van der Waals surface area contributed by atoms with E-state index in [1.165, 1.54) is 6.92 Å². The van der Waals surface area contributed by atoms with Crippen LogP contribution in [0.1, 0.15) is 49.3 Å². The van der Waals surface area contributed by atoms with Crippen LogP contribution in [0.2, 0.25) is 0 Å². The molecule has 0 saturated heterocycles. The van der Waals surface area contributed by atoms with E-state index in [1.807, 2.05) is 57.2 Å². The van der Waals surface area contributed by atoms with Crippen molar-refractivity contribution in [3.8, 4) is 0 Å². The zero-order valence-corrected chi connectivity index (χ0v) is 16.2. The molecule has 0 aliphatic heterocycles. The maximum atomic E-state index is 12.3. The fourth-order valence-corrected chi connectivity index (χ4v) is 3.13. The van der Waals surface area contributed by atoms with Crippen LogP contribution in [0.4, 0.5) is 0 Å². The van der Waals surface area contributed by atoms with Crippen molar-refractivity contribution in [2.24, 2.45) is 0 Å². The summed E-state index contributed by atoms with van der Waals surface area (Å²) in [7, 11) is 0. The number of ketones is 1. The van der Waals surface area contributed by atoms with Crippen LogP contribution in [-0.4, -0.2) is 27.1 Å². The van der Waals surface area contributed by atoms with Gasteiger partial charge in [-0.1, -0.05) is 42.5 Å². The highest BCUT2D eigenvalue weighted by atomic mass is 16.6. The van der Waals surface area contributed by atoms with E-state index < -0.39 is 5.60 Å². The molecule has 27 heavy (non-hydrogen) atoms. The van der Waals surface area contributed by atoms with Gasteiger partial charge in [-0.25, -0.2) is 0 Å². The maximum Gasteiger partial charge on any atom is 0.328 e. The maximum absolute atomic E-state index is 12.3. The van der Waals surface area contributed by atoms with Crippen LogP contribution in [0.25, 0.3) is 10.9 Å². The minimum Gasteiger partial charge on any atom is -0.459 e. The molecule has 140 valence electrons. The smallest absolute Gasteiger partial charge is 0.328 e. The van der Waals surface area contributed by atoms with Crippen molar-refractivity contribution in [3.63, 3.8) is 0 Å². The monoisotopic (exact) mass is 364 g/mol. The second kappa shape index (κ2) is 7.35. The van der Waals surface area contributed by atoms with E-state index in [0.29, 0.717) is 12.1 Å². The average Bonchev–Trinajstić information content (AvgIpc) is 2.94. The van der Waals surface area contributed by atoms with Crippen LogP contribution in [-0.2, 0) is 22.5 Å². The van der Waals surface area contributed by atoms with Crippen LogP contribution in [0.3, 0.4) is 0 Å². The number of carbonyl (C=O) groups excluding carboxylic acids is 2. The van der Waals surface area contributed by atoms with Gasteiger partial charge in [-0.15, -0.1) is 0 Å². The lowest BCUT2D eigenvalue weighted by atomic mass is 9.99. The van der Waals surface area contributed by atoms with E-state index in [2.05, 4.69) is 17.2 Å². The standard InChI is InChI=1S/C22H24N2O3/c1-15(25)21-20-17(13-16-9-6-5-7-10-16)11-8-12-18(20)24(23-21)14-19(26)27-22(2,3)4/h5-12H,13-14H2,1-4H3. The number of ether oxygens (including phenoxy) is 1. The van der Waals surface area contributed by atoms with Crippen molar-refractivity contribution < 1.29 is 14.3 Å². The molecule has 0 aliphatic carbocycles. The highest BCUT2D eigenvalue weighted by molar-refractivity contribution is 6.06. The van der Waals surface area contributed by atoms with Gasteiger partial charge in [-0.2, -0.15) is 5.10 Å². The van der Waals surface area contributed by atoms with Crippen LogP contribution >= 0.6 is 0 Å². The number of aromatic nitrogens is 2. The molecule has 3 aromatic rings. The summed E-state index contributed by atoms with van der Waals surface area (Å²) in [5.41, 5.74) is 2.75. The normalized spacial score (nSPS) is 11.6. The predicted octanol–water partition coefficient (Wildman–Crippen LogP) is 4.17. The van der Waals surface area contributed by atoms with Crippen molar-refractivity contribution in [3.05, 3.63) is 65.4 Å². The number of rotatable bonds is 5. The number of hydrogen-bond donors (Lipinski definition) is 0. The van der Waals surface area contributed by atoms with Gasteiger partial charge in [0, 0.05) is 12.3 Å². The molecule has 0 N–H and O–H groups in total. The summed E-state index contributed by atoms with van der Waals surface area (Å²) >= 11 is 0. The van der Waals surface area contributed by atoms with Crippen LogP contribution in [0.15, 0.2) is 48.5 Å². The summed E-state index contributed by atoms with van der Waals surface area (Å²) < 4.78 is 6.97. The molecule has 2 aromatic carbocycles. The van der Waals surface area contributed by atoms with Gasteiger partial charge in [0.05, 0.1) is 5.52 Å². The first-order valence-corrected chi connectivity index (χ1v) is 9.00. The quantitative estimate of drug-likeness (QED) is 0.503. The second-order valence-electron chi connectivity index (χ2n) is 7.62. The van der Waals surface area contributed by atoms with Crippen LogP contribution in [0.5, 0.6) is 0 Å². The number of fused-ring (bicyclic) bond motifs is 1. The predicted molar refractivity (Wildman–Crippen MR) is 105 cm³/mol. The molecule has 1 heterocycles. The Hall–Kier alpha value is -2.95. The molecule has 3 rings (SSSR count). The Bertz CT molecular complexity index is 982. The van der Waals surface area contributed by atoms with E-state index in [9.17, 15) is 9.59 Å². The summed E-state index contributed by atoms with van der Waals surface area (Å²) in [6.07, 6.45) is 0.691. The van der Waals surface area contributed by atoms with Gasteiger partial charge in [-0.3, -0.25) is 14.3 Å². The third kappa shape index (κ3) is 4.42. The van der Waals surface area contributed by atoms with Gasteiger partial charge in [0.2, 0.25) is 0 Å². The van der Waals surface area contributed by atoms with E-state index in [1.54, 1.807) is 4.68 Å². The molecular weight excluding hydrogens is 340 g/mol. The summed E-state index contributed by atoms with van der Waals surface area (Å²) in [5.74, 6) is -0.501. The Kier molecular flexibility index (Phi) is 5.13. The molecule has 0 radical (unpaired) electrons. The Labute approximate surface area is 158 Å². The third-order valence-corrected chi connectivity index (χ3v) is 4.13. The minimum atomic E-state index is -0.568. The molecular formula is C22H24N2O3. The molecule has 0 unspecified atom stereocenters. The lowest BCUT2D eigenvalue weighted by molar-refractivity contribution is -0.155. The molecule has 0 bridgehead atoms. The molecule has 1 aromatic heterocycles. The zero-order chi connectivity index (χ0) is 19.6. The number of carbonyl (C=O) groups is 2. The van der Waals surface area contributed by atoms with E-state index >= 15 is 0 Å². The number of nitrogens with zero attached hydrogens (tertiary/aromatic N) is 2. The molecule has 5 heteroatoms. The van der Waals surface area contributed by atoms with Crippen LogP contribution in [0, 0.1) is 0 Å². The second-order valence-corrected chi connectivity index (χ2v) is 7.62. The number of benzene rings is 2. The highest BCUT2D eigenvalue weighted by Crippen LogP contribution is 2.26. The van der Waals surface area contributed by atoms with E-state index in [-0.39, 0.29) is 18.3 Å². The lowest BCUT2D eigenvalue weighted by Gasteiger charge is -2.19. The minimum absolute atomic E-state index is 0.0319. The number of esters is 1. The van der Waals surface area contributed by atoms with Gasteiger partial charge < -0.3 is 4.74 Å². The zero-order valence-electron chi connectivity index (χ0n) is 16.2. The third-order valence-electron chi connectivity index (χ3n) is 4.13. The number of Topliss-reactive ketones (excluding diaryl/α,β-unsaturated/α-hetero) is 1. The Morgan fingerprint density at radius 1 is 1.04 bits per heavy atom. The molecule has 0 saturated carbocycles. The molecule has 0 aliphatic rings. The average molecular weight is 364 g/mol. The first-order chi connectivity index (χ1) is 12.7. The fourth-order valence-electron chi connectivity index (χ4n) is 3.13. The lowest BCUT2D eigenvalue weighted by Crippen LogP contribution is -2.26. The summed E-state index contributed by atoms with van der Waals surface area (Å²) in [4.78, 5) is 24.5. The molecule has 0 atom stereocenters. The van der Waals surface area contributed by atoms with E-state index in [4.69, 9.17) is 4.74 Å². The Balaban J connectivity index is 2.03. The molecule has 0 fully saturated rings. The van der Waals surface area contributed by atoms with Gasteiger partial charge in [0.15, 0.2) is 5.78 Å². The van der Waals surface area contributed by atoms with Gasteiger partial charge in [0.25, 0.3) is 0 Å². The largest absolute Gasteiger partial charge is 0.459 e. The SMILES string of the molecule is CC(=O)c1nn(CC(=O)OC(C)(C)C)c2cccc(Cc3ccccc3)c12. The molecule has 0 amide bonds. The fraction of sp³-hybridized carbons (Fsp3) is 0.318. The van der Waals surface area contributed by atoms with Crippen molar-refractivity contribution in [1.29, 1.82) is 0 Å². The number of hydrogen-bond acceptors (Lipinski definition) is 4. The first-order valence-electron chi connectivity index (χ1n) is 9.00. The van der Waals surface area contributed by atoms with Crippen molar-refractivity contribution in [1.82, 2.24) is 9.78 Å². The van der Waals surface area contributed by atoms with Gasteiger partial charge in [-0.05, 0) is 44.4 Å². The highest BCUT2D eigenvalue weighted by Gasteiger charge is 2.21. The summed E-state index contributed by atoms with van der Waals surface area (Å²) in [5, 5.41) is 5.23. The summed E-state index contributed by atoms with van der Waals surface area (Å²) in [6.45, 7) is 6.94. The Morgan fingerprint density at radius 2 is 1.74 bits per heavy atom. The van der Waals surface area contributed by atoms with Crippen molar-refractivity contribution >= 4 is 22.7 Å². The summed E-state index contributed by atoms with van der Waals surface area (Å²) in [6, 6.07) is 15.9. The van der Waals surface area contributed by atoms with Crippen molar-refractivity contribution in [2.75, 3.05) is 0 Å². The molecule has 0 spiro atoms. The topological polar surface area (TPSA) is 61.2 Å². The first kappa shape index (κ1) is 18.8.